The lowest BCUT2D eigenvalue weighted by atomic mass is 10.0. The third-order valence-corrected chi connectivity index (χ3v) is 5.23. The molecule has 1 saturated heterocycles. The summed E-state index contributed by atoms with van der Waals surface area (Å²) in [5, 5.41) is 12.6. The number of hydrogen-bond donors (Lipinski definition) is 3. The van der Waals surface area contributed by atoms with Crippen LogP contribution >= 0.6 is 0 Å². The molecule has 4 nitrogen and oxygen atoms in total. The van der Waals surface area contributed by atoms with Crippen LogP contribution in [-0.4, -0.2) is 38.4 Å². The Balaban J connectivity index is 1.61. The molecule has 4 heteroatoms. The molecule has 1 fully saturated rings. The van der Waals surface area contributed by atoms with Gasteiger partial charge in [-0.15, -0.1) is 0 Å². The van der Waals surface area contributed by atoms with Crippen molar-refractivity contribution < 1.29 is 20.1 Å². The lowest BCUT2D eigenvalue weighted by molar-refractivity contribution is -0.934. The third-order valence-electron chi connectivity index (χ3n) is 5.23. The van der Waals surface area contributed by atoms with Crippen LogP contribution in [0.1, 0.15) is 36.1 Å². The van der Waals surface area contributed by atoms with Crippen LogP contribution in [0.2, 0.25) is 0 Å². The van der Waals surface area contributed by atoms with Crippen LogP contribution < -0.4 is 15.0 Å². The monoisotopic (exact) mass is 342 g/mol. The highest BCUT2D eigenvalue weighted by molar-refractivity contribution is 5.28. The molecule has 0 aromatic heterocycles. The fourth-order valence-corrected chi connectivity index (χ4v) is 3.78. The lowest BCUT2D eigenvalue weighted by Crippen LogP contribution is -3.13. The Morgan fingerprint density at radius 1 is 0.960 bits per heavy atom. The zero-order valence-electron chi connectivity index (χ0n) is 15.0. The Bertz CT molecular complexity index is 624. The maximum Gasteiger partial charge on any atom is 0.163 e. The Hall–Kier alpha value is -1.88. The molecule has 0 unspecified atom stereocenters. The second kappa shape index (κ2) is 8.99. The Morgan fingerprint density at radius 3 is 2.28 bits per heavy atom. The van der Waals surface area contributed by atoms with E-state index in [0.717, 1.165) is 17.9 Å². The number of benzene rings is 2. The minimum atomic E-state index is -0.411. The quantitative estimate of drug-likeness (QED) is 0.662. The highest BCUT2D eigenvalue weighted by atomic mass is 16.5. The van der Waals surface area contributed by atoms with Crippen LogP contribution in [0.25, 0.3) is 0 Å². The summed E-state index contributed by atoms with van der Waals surface area (Å²) >= 11 is 0. The van der Waals surface area contributed by atoms with Crippen molar-refractivity contribution in [2.24, 2.45) is 0 Å². The van der Waals surface area contributed by atoms with E-state index in [0.29, 0.717) is 12.6 Å². The zero-order chi connectivity index (χ0) is 17.5. The fourth-order valence-electron chi connectivity index (χ4n) is 3.78. The van der Waals surface area contributed by atoms with E-state index in [-0.39, 0.29) is 0 Å². The van der Waals surface area contributed by atoms with Gasteiger partial charge >= 0.3 is 0 Å². The minimum Gasteiger partial charge on any atom is -0.497 e. The summed E-state index contributed by atoms with van der Waals surface area (Å²) in [4.78, 5) is 1.66. The highest BCUT2D eigenvalue weighted by Gasteiger charge is 2.29. The second-order valence-corrected chi connectivity index (χ2v) is 6.88. The number of ether oxygens (including phenoxy) is 1. The molecule has 1 aliphatic heterocycles. The maximum atomic E-state index is 10.4. The molecule has 3 rings (SSSR count). The molecule has 2 atom stereocenters. The number of quaternary nitrogens is 2. The van der Waals surface area contributed by atoms with E-state index in [2.05, 4.69) is 29.6 Å². The Kier molecular flexibility index (Phi) is 6.45. The van der Waals surface area contributed by atoms with Gasteiger partial charge in [-0.2, -0.15) is 0 Å². The summed E-state index contributed by atoms with van der Waals surface area (Å²) in [7, 11) is 1.71. The number of likely N-dealkylation sites (tertiary alicyclic amines) is 1. The van der Waals surface area contributed by atoms with Crippen LogP contribution in [0, 0.1) is 0 Å². The molecule has 1 heterocycles. The van der Waals surface area contributed by atoms with Crippen LogP contribution in [0.3, 0.4) is 0 Å². The number of hydrogen-bond acceptors (Lipinski definition) is 2. The van der Waals surface area contributed by atoms with Crippen molar-refractivity contribution in [2.75, 3.05) is 33.3 Å². The summed E-state index contributed by atoms with van der Waals surface area (Å²) in [6.07, 6.45) is 2.22. The normalized spacial score (nSPS) is 17.4. The van der Waals surface area contributed by atoms with E-state index in [9.17, 15) is 5.11 Å². The van der Waals surface area contributed by atoms with Gasteiger partial charge in [0, 0.05) is 18.4 Å². The fraction of sp³-hybridized carbons (Fsp3) is 0.429. The maximum absolute atomic E-state index is 10.4. The number of aliphatic hydroxyl groups is 1. The Labute approximate surface area is 150 Å². The number of rotatable bonds is 8. The van der Waals surface area contributed by atoms with Gasteiger partial charge in [-0.05, 0) is 29.8 Å². The van der Waals surface area contributed by atoms with Gasteiger partial charge in [0.2, 0.25) is 0 Å². The van der Waals surface area contributed by atoms with Gasteiger partial charge in [-0.1, -0.05) is 30.3 Å². The second-order valence-electron chi connectivity index (χ2n) is 6.88. The first-order valence-electron chi connectivity index (χ1n) is 9.31. The molecule has 4 N–H and O–H groups in total. The first-order chi connectivity index (χ1) is 12.3. The van der Waals surface area contributed by atoms with Gasteiger partial charge in [-0.3, -0.25) is 0 Å². The van der Waals surface area contributed by atoms with Crippen LogP contribution in [-0.2, 0) is 0 Å². The molecule has 1 aliphatic rings. The standard InChI is InChI=1S/C21H28N2O2/c1-25-19-11-9-17(10-12-19)20(23-13-5-6-14-23)15-22-16-21(24)18-7-3-2-4-8-18/h2-4,7-12,20-22,24H,5-6,13-16H2,1H3/p+2/t20-,21+/m0/s1. The van der Waals surface area contributed by atoms with E-state index >= 15 is 0 Å². The van der Waals surface area contributed by atoms with Crippen molar-refractivity contribution in [3.05, 3.63) is 65.7 Å². The molecule has 0 aliphatic carbocycles. The van der Waals surface area contributed by atoms with Crippen molar-refractivity contribution in [3.63, 3.8) is 0 Å². The summed E-state index contributed by atoms with van der Waals surface area (Å²) in [5.74, 6) is 0.905. The highest BCUT2D eigenvalue weighted by Crippen LogP contribution is 2.16. The van der Waals surface area contributed by atoms with Gasteiger partial charge in [0.05, 0.1) is 20.2 Å². The molecule has 0 spiro atoms. The number of nitrogens with two attached hydrogens (primary N) is 1. The predicted molar refractivity (Wildman–Crippen MR) is 98.7 cm³/mol. The van der Waals surface area contributed by atoms with Gasteiger partial charge in [-0.25, -0.2) is 0 Å². The van der Waals surface area contributed by atoms with Crippen molar-refractivity contribution >= 4 is 0 Å². The zero-order valence-corrected chi connectivity index (χ0v) is 15.0. The van der Waals surface area contributed by atoms with Crippen molar-refractivity contribution in [3.8, 4) is 5.75 Å². The molecule has 134 valence electrons. The average molecular weight is 342 g/mol. The van der Waals surface area contributed by atoms with Crippen LogP contribution in [0.5, 0.6) is 5.75 Å². The first-order valence-corrected chi connectivity index (χ1v) is 9.31. The molecule has 0 radical (unpaired) electrons. The molecule has 2 aromatic rings. The van der Waals surface area contributed by atoms with E-state index < -0.39 is 6.10 Å². The molecule has 25 heavy (non-hydrogen) atoms. The molecular formula is C21H30N2O2+2. The van der Waals surface area contributed by atoms with Gasteiger partial charge < -0.3 is 20.1 Å². The van der Waals surface area contributed by atoms with E-state index in [4.69, 9.17) is 4.74 Å². The molecule has 0 amide bonds. The smallest absolute Gasteiger partial charge is 0.163 e. The minimum absolute atomic E-state index is 0.411. The summed E-state index contributed by atoms with van der Waals surface area (Å²) in [6.45, 7) is 4.17. The van der Waals surface area contributed by atoms with Crippen molar-refractivity contribution in [1.29, 1.82) is 0 Å². The Morgan fingerprint density at radius 2 is 1.64 bits per heavy atom. The predicted octanol–water partition coefficient (Wildman–Crippen LogP) is 0.712. The molecule has 0 bridgehead atoms. The van der Waals surface area contributed by atoms with Gasteiger partial charge in [0.1, 0.15) is 24.9 Å². The van der Waals surface area contributed by atoms with Crippen molar-refractivity contribution in [1.82, 2.24) is 0 Å². The topological polar surface area (TPSA) is 50.5 Å². The van der Waals surface area contributed by atoms with Crippen molar-refractivity contribution in [2.45, 2.75) is 25.0 Å². The largest absolute Gasteiger partial charge is 0.497 e. The van der Waals surface area contributed by atoms with Gasteiger partial charge in [0.25, 0.3) is 0 Å². The molecular weight excluding hydrogens is 312 g/mol. The summed E-state index contributed by atoms with van der Waals surface area (Å²) in [5.41, 5.74) is 2.36. The SMILES string of the molecule is COc1ccc([C@H](C[NH2+]C[C@@H](O)c2ccccc2)[NH+]2CCCC2)cc1. The van der Waals surface area contributed by atoms with Crippen LogP contribution in [0.15, 0.2) is 54.6 Å². The molecule has 2 aromatic carbocycles. The lowest BCUT2D eigenvalue weighted by Gasteiger charge is -2.24. The van der Waals surface area contributed by atoms with E-state index in [1.807, 2.05) is 30.3 Å². The summed E-state index contributed by atoms with van der Waals surface area (Å²) in [6, 6.07) is 18.9. The van der Waals surface area contributed by atoms with Crippen LogP contribution in [0.4, 0.5) is 0 Å². The van der Waals surface area contributed by atoms with Gasteiger partial charge in [0.15, 0.2) is 6.04 Å². The first kappa shape index (κ1) is 17.9. The third kappa shape index (κ3) is 4.82. The number of aliphatic hydroxyl groups excluding tert-OH is 1. The summed E-state index contributed by atoms with van der Waals surface area (Å²) < 4.78 is 5.29. The van der Waals surface area contributed by atoms with E-state index in [1.54, 1.807) is 12.0 Å². The molecule has 0 saturated carbocycles. The number of nitrogens with one attached hydrogen (secondary N) is 1. The number of methoxy groups -OCH3 is 1. The average Bonchev–Trinajstić information content (AvgIpc) is 3.20. The van der Waals surface area contributed by atoms with E-state index in [1.165, 1.54) is 31.5 Å².